The average Bonchev–Trinajstić information content (AvgIpc) is 3.08. The number of carbonyl (C=O) groups excluding carboxylic acids is 1. The zero-order valence-corrected chi connectivity index (χ0v) is 15.7. The number of ether oxygens (including phenoxy) is 2. The Labute approximate surface area is 163 Å². The second-order valence-electron chi connectivity index (χ2n) is 6.45. The van der Waals surface area contributed by atoms with E-state index in [9.17, 15) is 4.79 Å². The van der Waals surface area contributed by atoms with E-state index in [1.165, 1.54) is 0 Å². The summed E-state index contributed by atoms with van der Waals surface area (Å²) in [4.78, 5) is 13.0. The molecule has 0 unspecified atom stereocenters. The number of fused-ring (bicyclic) bond motifs is 3. The van der Waals surface area contributed by atoms with Crippen LogP contribution < -0.4 is 14.9 Å². The van der Waals surface area contributed by atoms with E-state index in [4.69, 9.17) is 9.47 Å². The molecule has 0 aromatic heterocycles. The van der Waals surface area contributed by atoms with Crippen LogP contribution in [0.4, 0.5) is 0 Å². The van der Waals surface area contributed by atoms with Gasteiger partial charge < -0.3 is 9.47 Å². The summed E-state index contributed by atoms with van der Waals surface area (Å²) >= 11 is 0. The normalized spacial score (nSPS) is 12.5. The number of rotatable bonds is 5. The van der Waals surface area contributed by atoms with Crippen molar-refractivity contribution in [3.63, 3.8) is 0 Å². The molecule has 5 nitrogen and oxygen atoms in total. The Morgan fingerprint density at radius 2 is 1.57 bits per heavy atom. The molecule has 0 aliphatic heterocycles. The van der Waals surface area contributed by atoms with Crippen LogP contribution in [-0.2, 0) is 4.79 Å². The quantitative estimate of drug-likeness (QED) is 0.545. The van der Waals surface area contributed by atoms with E-state index >= 15 is 0 Å². The second-order valence-corrected chi connectivity index (χ2v) is 6.45. The first-order valence-corrected chi connectivity index (χ1v) is 8.96. The third-order valence-electron chi connectivity index (χ3n) is 4.91. The van der Waals surface area contributed by atoms with E-state index in [2.05, 4.69) is 10.5 Å². The van der Waals surface area contributed by atoms with Crippen molar-refractivity contribution in [1.82, 2.24) is 5.43 Å². The Balaban J connectivity index is 1.59. The molecular weight excluding hydrogens is 352 g/mol. The number of nitrogens with zero attached hydrogens (tertiary/aromatic N) is 1. The number of benzene rings is 3. The number of hydrogen-bond acceptors (Lipinski definition) is 4. The molecule has 140 valence electrons. The minimum Gasteiger partial charge on any atom is -0.497 e. The lowest BCUT2D eigenvalue weighted by Gasteiger charge is -2.11. The monoisotopic (exact) mass is 372 g/mol. The average molecular weight is 372 g/mol. The van der Waals surface area contributed by atoms with E-state index in [-0.39, 0.29) is 11.8 Å². The maximum absolute atomic E-state index is 13.0. The van der Waals surface area contributed by atoms with Gasteiger partial charge in [0.2, 0.25) is 0 Å². The zero-order chi connectivity index (χ0) is 19.5. The molecule has 28 heavy (non-hydrogen) atoms. The predicted octanol–water partition coefficient (Wildman–Crippen LogP) is 3.97. The Morgan fingerprint density at radius 1 is 0.929 bits per heavy atom. The fourth-order valence-corrected chi connectivity index (χ4v) is 3.61. The molecule has 0 heterocycles. The highest BCUT2D eigenvalue weighted by Gasteiger charge is 2.33. The maximum Gasteiger partial charge on any atom is 0.252 e. The first kappa shape index (κ1) is 17.8. The van der Waals surface area contributed by atoms with E-state index in [1.807, 2.05) is 48.5 Å². The van der Waals surface area contributed by atoms with Crippen molar-refractivity contribution in [3.8, 4) is 22.6 Å². The fraction of sp³-hybridized carbons (Fsp3) is 0.130. The van der Waals surface area contributed by atoms with Gasteiger partial charge >= 0.3 is 0 Å². The number of carbonyl (C=O) groups is 1. The van der Waals surface area contributed by atoms with Gasteiger partial charge in [-0.15, -0.1) is 0 Å². The van der Waals surface area contributed by atoms with Crippen molar-refractivity contribution in [2.24, 2.45) is 5.10 Å². The molecule has 1 aliphatic rings. The highest BCUT2D eigenvalue weighted by Crippen LogP contribution is 2.44. The molecule has 0 spiro atoms. The van der Waals surface area contributed by atoms with E-state index < -0.39 is 0 Å². The van der Waals surface area contributed by atoms with Gasteiger partial charge in [0.25, 0.3) is 5.91 Å². The third-order valence-corrected chi connectivity index (χ3v) is 4.91. The number of amides is 1. The predicted molar refractivity (Wildman–Crippen MR) is 109 cm³/mol. The summed E-state index contributed by atoms with van der Waals surface area (Å²) in [6, 6.07) is 21.4. The summed E-state index contributed by atoms with van der Waals surface area (Å²) in [6.45, 7) is 0. The van der Waals surface area contributed by atoms with Crippen LogP contribution in [0.1, 0.15) is 22.6 Å². The number of hydrogen-bond donors (Lipinski definition) is 1. The van der Waals surface area contributed by atoms with Gasteiger partial charge in [-0.25, -0.2) is 5.43 Å². The van der Waals surface area contributed by atoms with Gasteiger partial charge in [0.05, 0.1) is 26.4 Å². The van der Waals surface area contributed by atoms with Crippen molar-refractivity contribution >= 4 is 12.1 Å². The van der Waals surface area contributed by atoms with Gasteiger partial charge in [-0.1, -0.05) is 48.5 Å². The van der Waals surface area contributed by atoms with Crippen LogP contribution in [0.2, 0.25) is 0 Å². The summed E-state index contributed by atoms with van der Waals surface area (Å²) in [5, 5.41) is 4.16. The minimum absolute atomic E-state index is 0.171. The third kappa shape index (κ3) is 3.11. The molecule has 0 saturated heterocycles. The van der Waals surface area contributed by atoms with Gasteiger partial charge in [-0.3, -0.25) is 4.79 Å². The molecule has 0 atom stereocenters. The zero-order valence-electron chi connectivity index (χ0n) is 15.7. The van der Waals surface area contributed by atoms with Crippen LogP contribution in [0.3, 0.4) is 0 Å². The van der Waals surface area contributed by atoms with Crippen LogP contribution in [0.15, 0.2) is 71.8 Å². The lowest BCUT2D eigenvalue weighted by atomic mass is 9.96. The lowest BCUT2D eigenvalue weighted by Crippen LogP contribution is -2.25. The van der Waals surface area contributed by atoms with Crippen LogP contribution in [-0.4, -0.2) is 26.3 Å². The molecular formula is C23H20N2O3. The number of nitrogens with one attached hydrogen (secondary N) is 1. The molecule has 5 heteroatoms. The molecule has 1 N–H and O–H groups in total. The molecule has 0 bridgehead atoms. The Bertz CT molecular complexity index is 1010. The fourth-order valence-electron chi connectivity index (χ4n) is 3.61. The van der Waals surface area contributed by atoms with Crippen molar-refractivity contribution in [3.05, 3.63) is 83.4 Å². The van der Waals surface area contributed by atoms with E-state index in [0.29, 0.717) is 11.5 Å². The van der Waals surface area contributed by atoms with E-state index in [1.54, 1.807) is 38.6 Å². The smallest absolute Gasteiger partial charge is 0.252 e. The summed E-state index contributed by atoms with van der Waals surface area (Å²) in [7, 11) is 3.18. The molecule has 1 aliphatic carbocycles. The van der Waals surface area contributed by atoms with Crippen LogP contribution in [0, 0.1) is 0 Å². The summed E-state index contributed by atoms with van der Waals surface area (Å²) in [5.41, 5.74) is 7.57. The summed E-state index contributed by atoms with van der Waals surface area (Å²) in [6.07, 6.45) is 1.56. The molecule has 3 aromatic carbocycles. The summed E-state index contributed by atoms with van der Waals surface area (Å²) in [5.74, 6) is 0.787. The highest BCUT2D eigenvalue weighted by atomic mass is 16.5. The maximum atomic E-state index is 13.0. The van der Waals surface area contributed by atoms with Gasteiger partial charge in [0.1, 0.15) is 11.5 Å². The van der Waals surface area contributed by atoms with E-state index in [0.717, 1.165) is 27.8 Å². The summed E-state index contributed by atoms with van der Waals surface area (Å²) < 4.78 is 10.6. The first-order valence-electron chi connectivity index (χ1n) is 8.96. The van der Waals surface area contributed by atoms with Crippen LogP contribution in [0.25, 0.3) is 11.1 Å². The van der Waals surface area contributed by atoms with Crippen molar-refractivity contribution < 1.29 is 14.3 Å². The highest BCUT2D eigenvalue weighted by molar-refractivity contribution is 5.96. The molecule has 0 fully saturated rings. The molecule has 0 saturated carbocycles. The molecule has 4 rings (SSSR count). The van der Waals surface area contributed by atoms with Crippen LogP contribution in [0.5, 0.6) is 11.5 Å². The van der Waals surface area contributed by atoms with Crippen molar-refractivity contribution in [2.45, 2.75) is 5.92 Å². The largest absolute Gasteiger partial charge is 0.497 e. The number of hydrazone groups is 1. The number of methoxy groups -OCH3 is 2. The van der Waals surface area contributed by atoms with Gasteiger partial charge in [-0.2, -0.15) is 5.10 Å². The van der Waals surface area contributed by atoms with Crippen molar-refractivity contribution in [1.29, 1.82) is 0 Å². The van der Waals surface area contributed by atoms with Gasteiger partial charge in [0, 0.05) is 5.56 Å². The molecule has 0 radical (unpaired) electrons. The van der Waals surface area contributed by atoms with Gasteiger partial charge in [-0.05, 0) is 40.5 Å². The lowest BCUT2D eigenvalue weighted by molar-refractivity contribution is -0.121. The molecule has 3 aromatic rings. The Hall–Kier alpha value is -3.60. The second kappa shape index (κ2) is 7.56. The standard InChI is InChI=1S/C23H20N2O3/c1-27-16-11-12-21(28-2)15(13-16)14-24-25-23(26)22-19-9-5-3-7-17(19)18-8-4-6-10-20(18)22/h3-14,22H,1-2H3,(H,25,26)/b24-14+. The molecule has 1 amide bonds. The van der Waals surface area contributed by atoms with Gasteiger partial charge in [0.15, 0.2) is 0 Å². The Kier molecular flexibility index (Phi) is 4.81. The SMILES string of the molecule is COc1ccc(OC)c(/C=N/NC(=O)C2c3ccccc3-c3ccccc32)c1. The Morgan fingerprint density at radius 3 is 2.18 bits per heavy atom. The van der Waals surface area contributed by atoms with Crippen molar-refractivity contribution in [2.75, 3.05) is 14.2 Å². The minimum atomic E-state index is -0.378. The van der Waals surface area contributed by atoms with Crippen LogP contribution >= 0.6 is 0 Å². The topological polar surface area (TPSA) is 59.9 Å². The first-order chi connectivity index (χ1) is 13.7.